The number of rotatable bonds is 4. The lowest BCUT2D eigenvalue weighted by Gasteiger charge is -2.03. The minimum Gasteiger partial charge on any atom is -0.494 e. The van der Waals surface area contributed by atoms with Crippen LogP contribution in [0.3, 0.4) is 0 Å². The first-order valence-electron chi connectivity index (χ1n) is 7.25. The summed E-state index contributed by atoms with van der Waals surface area (Å²) in [4.78, 5) is 5.69. The van der Waals surface area contributed by atoms with E-state index in [0.717, 1.165) is 16.2 Å². The zero-order valence-corrected chi connectivity index (χ0v) is 13.5. The fraction of sp³-hybridized carbons (Fsp3) is 0.167. The van der Waals surface area contributed by atoms with Gasteiger partial charge >= 0.3 is 0 Å². The number of benzene rings is 2. The Morgan fingerprint density at radius 3 is 2.45 bits per heavy atom. The maximum absolute atomic E-state index is 5.45. The van der Waals surface area contributed by atoms with Crippen LogP contribution in [0.25, 0.3) is 11.3 Å². The molecule has 1 aromatic heterocycles. The Kier molecular flexibility index (Phi) is 4.39. The quantitative estimate of drug-likeness (QED) is 0.702. The summed E-state index contributed by atoms with van der Waals surface area (Å²) in [5.74, 6) is 0.877. The van der Waals surface area contributed by atoms with Crippen molar-refractivity contribution in [3.63, 3.8) is 0 Å². The van der Waals surface area contributed by atoms with Crippen molar-refractivity contribution < 1.29 is 4.74 Å². The molecule has 0 unspecified atom stereocenters. The summed E-state index contributed by atoms with van der Waals surface area (Å²) in [5.41, 5.74) is 3.31. The van der Waals surface area contributed by atoms with Crippen LogP contribution in [0.2, 0.25) is 0 Å². The summed E-state index contributed by atoms with van der Waals surface area (Å²) in [6.45, 7) is 2.66. The lowest BCUT2D eigenvalue weighted by atomic mass is 10.2. The van der Waals surface area contributed by atoms with Crippen LogP contribution in [0.5, 0.6) is 5.75 Å². The average Bonchev–Trinajstić information content (AvgIpc) is 2.91. The molecule has 112 valence electrons. The summed E-state index contributed by atoms with van der Waals surface area (Å²) >= 11 is 1.65. The van der Waals surface area contributed by atoms with E-state index in [-0.39, 0.29) is 0 Å². The van der Waals surface area contributed by atoms with E-state index in [1.807, 2.05) is 44.3 Å². The van der Waals surface area contributed by atoms with Crippen molar-refractivity contribution in [1.82, 2.24) is 4.57 Å². The number of hydrogen-bond acceptors (Lipinski definition) is 3. The molecule has 4 heteroatoms. The number of aromatic nitrogens is 1. The van der Waals surface area contributed by atoms with Crippen molar-refractivity contribution >= 4 is 17.0 Å². The Morgan fingerprint density at radius 1 is 1.05 bits per heavy atom. The molecular formula is C18H18N2OS. The largest absolute Gasteiger partial charge is 0.494 e. The predicted octanol–water partition coefficient (Wildman–Crippen LogP) is 4.38. The van der Waals surface area contributed by atoms with Crippen molar-refractivity contribution in [2.45, 2.75) is 6.92 Å². The first-order valence-corrected chi connectivity index (χ1v) is 8.13. The van der Waals surface area contributed by atoms with Gasteiger partial charge in [-0.2, -0.15) is 0 Å². The monoisotopic (exact) mass is 310 g/mol. The molecule has 0 aliphatic carbocycles. The molecule has 0 amide bonds. The molecule has 0 atom stereocenters. The van der Waals surface area contributed by atoms with Crippen LogP contribution >= 0.6 is 11.3 Å². The molecule has 0 saturated carbocycles. The van der Waals surface area contributed by atoms with Gasteiger partial charge in [-0.15, -0.1) is 11.3 Å². The number of thiazole rings is 1. The first-order chi connectivity index (χ1) is 10.8. The van der Waals surface area contributed by atoms with E-state index in [1.54, 1.807) is 11.3 Å². The van der Waals surface area contributed by atoms with Crippen molar-refractivity contribution in [3.8, 4) is 17.0 Å². The van der Waals surface area contributed by atoms with E-state index in [9.17, 15) is 0 Å². The molecule has 3 rings (SSSR count). The highest BCUT2D eigenvalue weighted by atomic mass is 32.1. The highest BCUT2D eigenvalue weighted by Crippen LogP contribution is 2.20. The number of nitrogens with zero attached hydrogens (tertiary/aromatic N) is 2. The van der Waals surface area contributed by atoms with Gasteiger partial charge in [-0.25, -0.2) is 4.99 Å². The van der Waals surface area contributed by atoms with Gasteiger partial charge < -0.3 is 9.30 Å². The van der Waals surface area contributed by atoms with Crippen LogP contribution in [-0.2, 0) is 7.05 Å². The standard InChI is InChI=1S/C18H18N2OS/c1-3-21-16-11-9-15(10-12-16)19-18-20(2)17(13-22-18)14-7-5-4-6-8-14/h4-13H,3H2,1-2H3. The minimum atomic E-state index is 0.677. The second kappa shape index (κ2) is 6.62. The van der Waals surface area contributed by atoms with Crippen molar-refractivity contribution in [2.24, 2.45) is 12.0 Å². The second-order valence-corrected chi connectivity index (χ2v) is 5.70. The fourth-order valence-electron chi connectivity index (χ4n) is 2.24. The van der Waals surface area contributed by atoms with Crippen LogP contribution in [-0.4, -0.2) is 11.2 Å². The average molecular weight is 310 g/mol. The highest BCUT2D eigenvalue weighted by Gasteiger charge is 2.04. The maximum Gasteiger partial charge on any atom is 0.190 e. The second-order valence-electron chi connectivity index (χ2n) is 4.87. The zero-order valence-electron chi connectivity index (χ0n) is 12.7. The smallest absolute Gasteiger partial charge is 0.190 e. The number of ether oxygens (including phenoxy) is 1. The molecule has 2 aromatic carbocycles. The van der Waals surface area contributed by atoms with E-state index in [2.05, 4.69) is 34.2 Å². The fourth-order valence-corrected chi connectivity index (χ4v) is 3.16. The van der Waals surface area contributed by atoms with Gasteiger partial charge in [0, 0.05) is 12.4 Å². The molecular weight excluding hydrogens is 292 g/mol. The molecule has 3 aromatic rings. The Bertz CT molecular complexity index is 801. The summed E-state index contributed by atoms with van der Waals surface area (Å²) in [6, 6.07) is 18.2. The topological polar surface area (TPSA) is 26.5 Å². The molecule has 0 spiro atoms. The van der Waals surface area contributed by atoms with Gasteiger partial charge in [-0.1, -0.05) is 30.3 Å². The Balaban J connectivity index is 1.94. The molecule has 0 N–H and O–H groups in total. The third-order valence-electron chi connectivity index (χ3n) is 3.37. The molecule has 0 radical (unpaired) electrons. The Labute approximate surface area is 134 Å². The van der Waals surface area contributed by atoms with Crippen LogP contribution in [0.1, 0.15) is 6.92 Å². The third-order valence-corrected chi connectivity index (χ3v) is 4.28. The Morgan fingerprint density at radius 2 is 1.77 bits per heavy atom. The van der Waals surface area contributed by atoms with Crippen molar-refractivity contribution in [1.29, 1.82) is 0 Å². The first kappa shape index (κ1) is 14.6. The van der Waals surface area contributed by atoms with E-state index in [1.165, 1.54) is 11.3 Å². The number of hydrogen-bond donors (Lipinski definition) is 0. The summed E-state index contributed by atoms with van der Waals surface area (Å²) in [6.07, 6.45) is 0. The molecule has 1 heterocycles. The molecule has 0 aliphatic heterocycles. The van der Waals surface area contributed by atoms with Gasteiger partial charge in [-0.05, 0) is 36.8 Å². The Hall–Kier alpha value is -2.33. The SMILES string of the molecule is CCOc1ccc(N=c2scc(-c3ccccc3)n2C)cc1. The zero-order chi connectivity index (χ0) is 15.4. The maximum atomic E-state index is 5.45. The van der Waals surface area contributed by atoms with E-state index in [0.29, 0.717) is 6.61 Å². The molecule has 0 aliphatic rings. The van der Waals surface area contributed by atoms with Gasteiger partial charge in [-0.3, -0.25) is 0 Å². The molecule has 0 bridgehead atoms. The summed E-state index contributed by atoms with van der Waals surface area (Å²) in [7, 11) is 2.05. The van der Waals surface area contributed by atoms with Crippen LogP contribution in [0.4, 0.5) is 5.69 Å². The van der Waals surface area contributed by atoms with E-state index in [4.69, 9.17) is 9.73 Å². The lowest BCUT2D eigenvalue weighted by molar-refractivity contribution is 0.340. The normalized spacial score (nSPS) is 11.6. The molecule has 3 nitrogen and oxygen atoms in total. The van der Waals surface area contributed by atoms with Crippen molar-refractivity contribution in [3.05, 3.63) is 64.8 Å². The molecule has 0 fully saturated rings. The summed E-state index contributed by atoms with van der Waals surface area (Å²) in [5, 5.41) is 2.14. The van der Waals surface area contributed by atoms with Gasteiger partial charge in [0.1, 0.15) is 5.75 Å². The lowest BCUT2D eigenvalue weighted by Crippen LogP contribution is -2.10. The van der Waals surface area contributed by atoms with Gasteiger partial charge in [0.2, 0.25) is 0 Å². The molecule has 0 saturated heterocycles. The predicted molar refractivity (Wildman–Crippen MR) is 91.6 cm³/mol. The van der Waals surface area contributed by atoms with E-state index >= 15 is 0 Å². The van der Waals surface area contributed by atoms with Gasteiger partial charge in [0.05, 0.1) is 18.0 Å². The van der Waals surface area contributed by atoms with Gasteiger partial charge in [0.15, 0.2) is 4.80 Å². The van der Waals surface area contributed by atoms with Gasteiger partial charge in [0.25, 0.3) is 0 Å². The minimum absolute atomic E-state index is 0.677. The van der Waals surface area contributed by atoms with Crippen LogP contribution in [0.15, 0.2) is 65.0 Å². The molecule has 22 heavy (non-hydrogen) atoms. The van der Waals surface area contributed by atoms with Crippen LogP contribution < -0.4 is 9.54 Å². The van der Waals surface area contributed by atoms with Crippen LogP contribution in [0, 0.1) is 0 Å². The summed E-state index contributed by atoms with van der Waals surface area (Å²) < 4.78 is 7.57. The van der Waals surface area contributed by atoms with E-state index < -0.39 is 0 Å². The van der Waals surface area contributed by atoms with Crippen molar-refractivity contribution in [2.75, 3.05) is 6.61 Å². The highest BCUT2D eigenvalue weighted by molar-refractivity contribution is 7.07. The third kappa shape index (κ3) is 3.12.